The molecular weight excluding hydrogens is 272 g/mol. The normalized spacial score (nSPS) is 32.4. The van der Waals surface area contributed by atoms with Gasteiger partial charge in [-0.3, -0.25) is 0 Å². The van der Waals surface area contributed by atoms with Gasteiger partial charge in [-0.05, 0) is 70.3 Å². The predicted octanol–water partition coefficient (Wildman–Crippen LogP) is 4.78. The summed E-state index contributed by atoms with van der Waals surface area (Å²) in [4.78, 5) is 0. The van der Waals surface area contributed by atoms with Crippen LogP contribution < -0.4 is 0 Å². The number of hydrogen-bond acceptors (Lipinski definition) is 2. The van der Waals surface area contributed by atoms with Gasteiger partial charge in [0.25, 0.3) is 0 Å². The van der Waals surface area contributed by atoms with Gasteiger partial charge in [0.1, 0.15) is 0 Å². The van der Waals surface area contributed by atoms with Crippen LogP contribution in [-0.4, -0.2) is 21.9 Å². The van der Waals surface area contributed by atoms with Crippen molar-refractivity contribution in [2.45, 2.75) is 78.4 Å². The number of allylic oxidation sites excluding steroid dienone is 4. The molecule has 0 aromatic rings. The van der Waals surface area contributed by atoms with E-state index in [-0.39, 0.29) is 5.92 Å². The van der Waals surface area contributed by atoms with E-state index in [2.05, 4.69) is 39.0 Å². The minimum Gasteiger partial charge on any atom is -0.389 e. The molecule has 1 aliphatic rings. The Morgan fingerprint density at radius 3 is 2.50 bits per heavy atom. The van der Waals surface area contributed by atoms with Crippen LogP contribution in [0.5, 0.6) is 0 Å². The zero-order valence-corrected chi connectivity index (χ0v) is 15.0. The summed E-state index contributed by atoms with van der Waals surface area (Å²) in [6.45, 7) is 10.4. The molecule has 0 aromatic heterocycles. The topological polar surface area (TPSA) is 40.5 Å². The van der Waals surface area contributed by atoms with Gasteiger partial charge in [0.2, 0.25) is 0 Å². The summed E-state index contributed by atoms with van der Waals surface area (Å²) in [5.74, 6) is 0.731. The molecule has 1 rings (SSSR count). The first-order valence-corrected chi connectivity index (χ1v) is 8.63. The van der Waals surface area contributed by atoms with E-state index in [0.29, 0.717) is 5.92 Å². The molecule has 0 spiro atoms. The molecule has 0 saturated heterocycles. The third kappa shape index (κ3) is 6.93. The van der Waals surface area contributed by atoms with Crippen molar-refractivity contribution in [1.82, 2.24) is 0 Å². The SMILES string of the molecule is CC1=CCCC(C)(O)C=CC(C(C)C)CC(O)C(C)=CCC1. The highest BCUT2D eigenvalue weighted by atomic mass is 16.3. The van der Waals surface area contributed by atoms with E-state index in [0.717, 1.165) is 37.7 Å². The Labute approximate surface area is 136 Å². The molecule has 0 saturated carbocycles. The van der Waals surface area contributed by atoms with Crippen LogP contribution in [0.2, 0.25) is 0 Å². The molecule has 0 heterocycles. The summed E-state index contributed by atoms with van der Waals surface area (Å²) in [5.41, 5.74) is 1.65. The van der Waals surface area contributed by atoms with Gasteiger partial charge in [0.15, 0.2) is 0 Å². The highest BCUT2D eigenvalue weighted by Gasteiger charge is 2.20. The summed E-state index contributed by atoms with van der Waals surface area (Å²) in [6, 6.07) is 0. The van der Waals surface area contributed by atoms with Crippen molar-refractivity contribution in [3.05, 3.63) is 35.5 Å². The van der Waals surface area contributed by atoms with Crippen LogP contribution in [0.15, 0.2) is 35.5 Å². The highest BCUT2D eigenvalue weighted by molar-refractivity contribution is 5.11. The van der Waals surface area contributed by atoms with Gasteiger partial charge in [0, 0.05) is 0 Å². The molecule has 0 aromatic carbocycles. The molecule has 3 atom stereocenters. The maximum absolute atomic E-state index is 10.5. The van der Waals surface area contributed by atoms with Gasteiger partial charge >= 0.3 is 0 Å². The fourth-order valence-corrected chi connectivity index (χ4v) is 2.81. The average Bonchev–Trinajstić information content (AvgIpc) is 2.41. The summed E-state index contributed by atoms with van der Waals surface area (Å²) < 4.78 is 0. The van der Waals surface area contributed by atoms with Gasteiger partial charge in [-0.15, -0.1) is 0 Å². The number of aliphatic hydroxyl groups excluding tert-OH is 1. The van der Waals surface area contributed by atoms with Crippen LogP contribution in [-0.2, 0) is 0 Å². The Morgan fingerprint density at radius 2 is 1.86 bits per heavy atom. The van der Waals surface area contributed by atoms with Crippen molar-refractivity contribution in [3.63, 3.8) is 0 Å². The van der Waals surface area contributed by atoms with Gasteiger partial charge in [-0.25, -0.2) is 0 Å². The van der Waals surface area contributed by atoms with Crippen LogP contribution in [0.3, 0.4) is 0 Å². The van der Waals surface area contributed by atoms with Crippen molar-refractivity contribution >= 4 is 0 Å². The zero-order chi connectivity index (χ0) is 16.8. The zero-order valence-electron chi connectivity index (χ0n) is 15.0. The molecule has 3 unspecified atom stereocenters. The standard InChI is InChI=1S/C20H34O2/c1-15(2)18-11-13-20(5,22)12-7-9-16(3)8-6-10-17(4)19(21)14-18/h9-11,13,15,18-19,21-22H,6-8,12,14H2,1-5H3. The van der Waals surface area contributed by atoms with Crippen LogP contribution >= 0.6 is 0 Å². The molecule has 2 nitrogen and oxygen atoms in total. The molecule has 0 amide bonds. The van der Waals surface area contributed by atoms with E-state index in [1.807, 2.05) is 19.9 Å². The molecule has 2 heteroatoms. The molecule has 1 aliphatic carbocycles. The molecule has 0 bridgehead atoms. The largest absolute Gasteiger partial charge is 0.389 e. The minimum absolute atomic E-state index is 0.282. The maximum atomic E-state index is 10.5. The lowest BCUT2D eigenvalue weighted by atomic mass is 9.85. The van der Waals surface area contributed by atoms with E-state index in [1.165, 1.54) is 5.57 Å². The van der Waals surface area contributed by atoms with Crippen LogP contribution in [0, 0.1) is 11.8 Å². The highest BCUT2D eigenvalue weighted by Crippen LogP contribution is 2.25. The van der Waals surface area contributed by atoms with Crippen LogP contribution in [0.4, 0.5) is 0 Å². The lowest BCUT2D eigenvalue weighted by Crippen LogP contribution is -2.22. The lowest BCUT2D eigenvalue weighted by Gasteiger charge is -2.24. The van der Waals surface area contributed by atoms with Crippen molar-refractivity contribution in [2.75, 3.05) is 0 Å². The average molecular weight is 306 g/mol. The quantitative estimate of drug-likeness (QED) is 0.684. The smallest absolute Gasteiger partial charge is 0.0802 e. The predicted molar refractivity (Wildman–Crippen MR) is 94.7 cm³/mol. The molecule has 126 valence electrons. The first kappa shape index (κ1) is 19.2. The fourth-order valence-electron chi connectivity index (χ4n) is 2.81. The van der Waals surface area contributed by atoms with E-state index in [4.69, 9.17) is 0 Å². The van der Waals surface area contributed by atoms with Crippen molar-refractivity contribution in [3.8, 4) is 0 Å². The number of aliphatic hydroxyl groups is 2. The van der Waals surface area contributed by atoms with E-state index in [9.17, 15) is 10.2 Å². The first-order valence-electron chi connectivity index (χ1n) is 8.63. The first-order chi connectivity index (χ1) is 10.2. The summed E-state index contributed by atoms with van der Waals surface area (Å²) >= 11 is 0. The number of rotatable bonds is 1. The molecular formula is C20H34O2. The van der Waals surface area contributed by atoms with E-state index >= 15 is 0 Å². The van der Waals surface area contributed by atoms with Crippen molar-refractivity contribution in [2.24, 2.45) is 11.8 Å². The van der Waals surface area contributed by atoms with Gasteiger partial charge in [-0.2, -0.15) is 0 Å². The Kier molecular flexibility index (Phi) is 7.58. The molecule has 0 fully saturated rings. The molecule has 0 aliphatic heterocycles. The Morgan fingerprint density at radius 1 is 1.18 bits per heavy atom. The Bertz CT molecular complexity index is 427. The summed E-state index contributed by atoms with van der Waals surface area (Å²) in [5, 5.41) is 20.9. The third-order valence-corrected chi connectivity index (χ3v) is 4.73. The van der Waals surface area contributed by atoms with Crippen LogP contribution in [0.25, 0.3) is 0 Å². The second kappa shape index (κ2) is 8.69. The minimum atomic E-state index is -0.774. The second-order valence-electron chi connectivity index (χ2n) is 7.45. The summed E-state index contributed by atoms with van der Waals surface area (Å²) in [6.07, 6.45) is 12.4. The van der Waals surface area contributed by atoms with Gasteiger partial charge < -0.3 is 10.2 Å². The second-order valence-corrected chi connectivity index (χ2v) is 7.45. The van der Waals surface area contributed by atoms with E-state index < -0.39 is 11.7 Å². The van der Waals surface area contributed by atoms with E-state index in [1.54, 1.807) is 0 Å². The maximum Gasteiger partial charge on any atom is 0.0802 e. The molecule has 22 heavy (non-hydrogen) atoms. The summed E-state index contributed by atoms with van der Waals surface area (Å²) in [7, 11) is 0. The fraction of sp³-hybridized carbons (Fsp3) is 0.700. The molecule has 2 N–H and O–H groups in total. The van der Waals surface area contributed by atoms with Crippen LogP contribution in [0.1, 0.15) is 66.7 Å². The molecule has 0 radical (unpaired) electrons. The Balaban J connectivity index is 2.98. The van der Waals surface area contributed by atoms with Gasteiger partial charge in [0.05, 0.1) is 11.7 Å². The van der Waals surface area contributed by atoms with Crippen molar-refractivity contribution < 1.29 is 10.2 Å². The Hall–Kier alpha value is -0.860. The van der Waals surface area contributed by atoms with Gasteiger partial charge in [-0.1, -0.05) is 43.7 Å². The third-order valence-electron chi connectivity index (χ3n) is 4.73. The monoisotopic (exact) mass is 306 g/mol. The lowest BCUT2D eigenvalue weighted by molar-refractivity contribution is 0.101. The van der Waals surface area contributed by atoms with Crippen molar-refractivity contribution in [1.29, 1.82) is 0 Å². The number of hydrogen-bond donors (Lipinski definition) is 2.